The maximum atomic E-state index is 12.1. The number of carbonyl (C=O) groups excluding carboxylic acids is 2. The van der Waals surface area contributed by atoms with Crippen LogP contribution in [-0.4, -0.2) is 43.5 Å². The van der Waals surface area contributed by atoms with Gasteiger partial charge in [0.05, 0.1) is 0 Å². The van der Waals surface area contributed by atoms with Gasteiger partial charge in [0.15, 0.2) is 0 Å². The van der Waals surface area contributed by atoms with E-state index < -0.39 is 0 Å². The molecule has 0 spiro atoms. The number of benzene rings is 1. The third-order valence-electron chi connectivity index (χ3n) is 3.50. The second-order valence-corrected chi connectivity index (χ2v) is 5.47. The first-order valence-electron chi connectivity index (χ1n) is 7.55. The predicted molar refractivity (Wildman–Crippen MR) is 87.9 cm³/mol. The highest BCUT2D eigenvalue weighted by Crippen LogP contribution is 2.16. The van der Waals surface area contributed by atoms with Gasteiger partial charge >= 0.3 is 0 Å². The number of rotatable bonds is 8. The Hall–Kier alpha value is -1.88. The van der Waals surface area contributed by atoms with Crippen LogP contribution >= 0.6 is 0 Å². The Morgan fingerprint density at radius 3 is 2.59 bits per heavy atom. The van der Waals surface area contributed by atoms with Gasteiger partial charge in [-0.1, -0.05) is 12.1 Å². The molecule has 5 nitrogen and oxygen atoms in total. The zero-order valence-electron chi connectivity index (χ0n) is 13.9. The van der Waals surface area contributed by atoms with Gasteiger partial charge in [0.2, 0.25) is 11.8 Å². The van der Waals surface area contributed by atoms with Crippen molar-refractivity contribution in [3.05, 3.63) is 29.3 Å². The first kappa shape index (κ1) is 18.2. The van der Waals surface area contributed by atoms with Gasteiger partial charge < -0.3 is 15.0 Å². The molecule has 0 heterocycles. The Morgan fingerprint density at radius 1 is 1.23 bits per heavy atom. The smallest absolute Gasteiger partial charge is 0.226 e. The molecule has 5 heteroatoms. The van der Waals surface area contributed by atoms with E-state index in [1.54, 1.807) is 12.0 Å². The Kier molecular flexibility index (Phi) is 7.60. The summed E-state index contributed by atoms with van der Waals surface area (Å²) in [4.78, 5) is 25.3. The van der Waals surface area contributed by atoms with Gasteiger partial charge in [-0.3, -0.25) is 9.59 Å². The minimum Gasteiger partial charge on any atom is -0.385 e. The summed E-state index contributed by atoms with van der Waals surface area (Å²) in [5.74, 6) is -0.0951. The van der Waals surface area contributed by atoms with E-state index in [0.717, 1.165) is 23.2 Å². The predicted octanol–water partition coefficient (Wildman–Crippen LogP) is 2.52. The Labute approximate surface area is 132 Å². The second-order valence-electron chi connectivity index (χ2n) is 5.47. The summed E-state index contributed by atoms with van der Waals surface area (Å²) in [7, 11) is 1.63. The molecule has 1 aromatic carbocycles. The van der Waals surface area contributed by atoms with Gasteiger partial charge in [0.25, 0.3) is 0 Å². The standard InChI is InChI=1S/C17H26N2O3/c1-13-6-7-14(2)16(12-13)18-17(21)8-10-19(15(3)20)9-5-11-22-4/h6-7,12H,5,8-11H2,1-4H3,(H,18,21). The van der Waals surface area contributed by atoms with Crippen molar-refractivity contribution in [1.29, 1.82) is 0 Å². The fourth-order valence-corrected chi connectivity index (χ4v) is 2.15. The number of hydrogen-bond donors (Lipinski definition) is 1. The van der Waals surface area contributed by atoms with Crippen LogP contribution in [0.25, 0.3) is 0 Å². The zero-order valence-corrected chi connectivity index (χ0v) is 13.9. The third-order valence-corrected chi connectivity index (χ3v) is 3.50. The van der Waals surface area contributed by atoms with Gasteiger partial charge in [-0.05, 0) is 37.5 Å². The number of hydrogen-bond acceptors (Lipinski definition) is 3. The van der Waals surface area contributed by atoms with E-state index in [9.17, 15) is 9.59 Å². The first-order valence-corrected chi connectivity index (χ1v) is 7.55. The molecule has 1 aromatic rings. The molecule has 122 valence electrons. The minimum absolute atomic E-state index is 0.0179. The molecule has 0 aliphatic carbocycles. The second kappa shape index (κ2) is 9.20. The maximum Gasteiger partial charge on any atom is 0.226 e. The maximum absolute atomic E-state index is 12.1. The fraction of sp³-hybridized carbons (Fsp3) is 0.529. The van der Waals surface area contributed by atoms with Crippen LogP contribution in [0.15, 0.2) is 18.2 Å². The summed E-state index contributed by atoms with van der Waals surface area (Å²) in [5.41, 5.74) is 2.96. The van der Waals surface area contributed by atoms with E-state index in [-0.39, 0.29) is 11.8 Å². The summed E-state index contributed by atoms with van der Waals surface area (Å²) in [6, 6.07) is 5.95. The van der Waals surface area contributed by atoms with Crippen molar-refractivity contribution in [2.24, 2.45) is 0 Å². The van der Waals surface area contributed by atoms with Crippen molar-refractivity contribution in [3.63, 3.8) is 0 Å². The van der Waals surface area contributed by atoms with Crippen LogP contribution < -0.4 is 5.32 Å². The molecule has 0 atom stereocenters. The van der Waals surface area contributed by atoms with Crippen molar-refractivity contribution < 1.29 is 14.3 Å². The van der Waals surface area contributed by atoms with Crippen LogP contribution in [0.4, 0.5) is 5.69 Å². The summed E-state index contributed by atoms with van der Waals surface area (Å²) in [5, 5.41) is 2.91. The lowest BCUT2D eigenvalue weighted by atomic mass is 10.1. The van der Waals surface area contributed by atoms with E-state index in [2.05, 4.69) is 5.32 Å². The van der Waals surface area contributed by atoms with Gasteiger partial charge in [-0.25, -0.2) is 0 Å². The normalized spacial score (nSPS) is 10.4. The number of ether oxygens (including phenoxy) is 1. The number of nitrogens with one attached hydrogen (secondary N) is 1. The Balaban J connectivity index is 2.49. The molecule has 0 aromatic heterocycles. The van der Waals surface area contributed by atoms with E-state index in [1.165, 1.54) is 6.92 Å². The third kappa shape index (κ3) is 6.26. The molecule has 1 N–H and O–H groups in total. The number of nitrogens with zero attached hydrogens (tertiary/aromatic N) is 1. The molecular weight excluding hydrogens is 280 g/mol. The van der Waals surface area contributed by atoms with Crippen LogP contribution in [0.2, 0.25) is 0 Å². The van der Waals surface area contributed by atoms with E-state index in [0.29, 0.717) is 26.1 Å². The van der Waals surface area contributed by atoms with Crippen LogP contribution in [0.3, 0.4) is 0 Å². The average molecular weight is 306 g/mol. The van der Waals surface area contributed by atoms with Gasteiger partial charge in [0, 0.05) is 45.8 Å². The number of aryl methyl sites for hydroxylation is 2. The lowest BCUT2D eigenvalue weighted by Gasteiger charge is -2.20. The topological polar surface area (TPSA) is 58.6 Å². The average Bonchev–Trinajstić information content (AvgIpc) is 2.46. The quantitative estimate of drug-likeness (QED) is 0.751. The van der Waals surface area contributed by atoms with Crippen LogP contribution in [0.1, 0.15) is 30.9 Å². The van der Waals surface area contributed by atoms with Gasteiger partial charge in [-0.2, -0.15) is 0 Å². The van der Waals surface area contributed by atoms with Crippen molar-refractivity contribution >= 4 is 17.5 Å². The highest BCUT2D eigenvalue weighted by molar-refractivity contribution is 5.92. The zero-order chi connectivity index (χ0) is 16.5. The summed E-state index contributed by atoms with van der Waals surface area (Å²) in [6.45, 7) is 7.12. The van der Waals surface area contributed by atoms with E-state index >= 15 is 0 Å². The van der Waals surface area contributed by atoms with Gasteiger partial charge in [0.1, 0.15) is 0 Å². The highest BCUT2D eigenvalue weighted by Gasteiger charge is 2.11. The number of amides is 2. The molecule has 0 saturated carbocycles. The molecule has 0 bridgehead atoms. The van der Waals surface area contributed by atoms with Crippen LogP contribution in [0.5, 0.6) is 0 Å². The molecule has 0 aliphatic rings. The number of carbonyl (C=O) groups is 2. The van der Waals surface area contributed by atoms with Crippen LogP contribution in [-0.2, 0) is 14.3 Å². The molecular formula is C17H26N2O3. The molecule has 1 rings (SSSR count). The summed E-state index contributed by atoms with van der Waals surface area (Å²) in [6.07, 6.45) is 1.06. The number of anilines is 1. The molecule has 0 fully saturated rings. The van der Waals surface area contributed by atoms with E-state index in [1.807, 2.05) is 32.0 Å². The van der Waals surface area contributed by atoms with Crippen LogP contribution in [0, 0.1) is 13.8 Å². The van der Waals surface area contributed by atoms with Crippen molar-refractivity contribution in [2.45, 2.75) is 33.6 Å². The monoisotopic (exact) mass is 306 g/mol. The lowest BCUT2D eigenvalue weighted by molar-refractivity contribution is -0.129. The SMILES string of the molecule is COCCCN(CCC(=O)Nc1cc(C)ccc1C)C(C)=O. The number of methoxy groups -OCH3 is 1. The molecule has 0 aliphatic heterocycles. The first-order chi connectivity index (χ1) is 10.4. The summed E-state index contributed by atoms with van der Waals surface area (Å²) >= 11 is 0. The minimum atomic E-state index is -0.0771. The van der Waals surface area contributed by atoms with Crippen molar-refractivity contribution in [3.8, 4) is 0 Å². The Morgan fingerprint density at radius 2 is 1.95 bits per heavy atom. The van der Waals surface area contributed by atoms with Gasteiger partial charge in [-0.15, -0.1) is 0 Å². The molecule has 2 amide bonds. The largest absolute Gasteiger partial charge is 0.385 e. The molecule has 0 radical (unpaired) electrons. The highest BCUT2D eigenvalue weighted by atomic mass is 16.5. The molecule has 0 unspecified atom stereocenters. The van der Waals surface area contributed by atoms with Crippen molar-refractivity contribution in [2.75, 3.05) is 32.1 Å². The van der Waals surface area contributed by atoms with Crippen molar-refractivity contribution in [1.82, 2.24) is 4.90 Å². The molecule has 0 saturated heterocycles. The summed E-state index contributed by atoms with van der Waals surface area (Å²) < 4.78 is 4.98. The Bertz CT molecular complexity index is 515. The fourth-order valence-electron chi connectivity index (χ4n) is 2.15. The van der Waals surface area contributed by atoms with E-state index in [4.69, 9.17) is 4.74 Å². The molecule has 22 heavy (non-hydrogen) atoms. The lowest BCUT2D eigenvalue weighted by Crippen LogP contribution is -2.33.